The molecular formula is C26H21Cl2FN4OS. The van der Waals surface area contributed by atoms with Crippen LogP contribution in [0.3, 0.4) is 0 Å². The van der Waals surface area contributed by atoms with E-state index in [4.69, 9.17) is 27.7 Å². The molecule has 1 aliphatic heterocycles. The van der Waals surface area contributed by atoms with Crippen LogP contribution in [0, 0.1) is 11.2 Å². The highest BCUT2D eigenvalue weighted by atomic mass is 35.5. The Hall–Kier alpha value is -2.48. The maximum atomic E-state index is 14.1. The maximum absolute atomic E-state index is 14.1. The third-order valence-electron chi connectivity index (χ3n) is 7.49. The molecule has 1 saturated carbocycles. The molecule has 0 bridgehead atoms. The lowest BCUT2D eigenvalue weighted by Gasteiger charge is -2.46. The topological polar surface area (TPSA) is 55.1 Å². The second-order valence-electron chi connectivity index (χ2n) is 9.80. The number of para-hydroxylation sites is 1. The van der Waals surface area contributed by atoms with Gasteiger partial charge in [-0.2, -0.15) is 0 Å². The summed E-state index contributed by atoms with van der Waals surface area (Å²) in [5.41, 5.74) is 4.38. The first-order valence-electron chi connectivity index (χ1n) is 11.8. The van der Waals surface area contributed by atoms with Gasteiger partial charge in [-0.05, 0) is 55.2 Å². The normalized spacial score (nSPS) is 19.3. The number of piperidine rings is 1. The van der Waals surface area contributed by atoms with Gasteiger partial charge in [0, 0.05) is 42.5 Å². The molecule has 4 aromatic rings. The molecule has 0 atom stereocenters. The first-order valence-corrected chi connectivity index (χ1v) is 13.4. The number of halogens is 3. The van der Waals surface area contributed by atoms with Gasteiger partial charge in [-0.15, -0.1) is 0 Å². The second-order valence-corrected chi connectivity index (χ2v) is 11.6. The smallest absolute Gasteiger partial charge is 0.186 e. The molecule has 0 radical (unpaired) electrons. The molecular weight excluding hydrogens is 506 g/mol. The van der Waals surface area contributed by atoms with E-state index < -0.39 is 0 Å². The molecule has 7 rings (SSSR count). The summed E-state index contributed by atoms with van der Waals surface area (Å²) in [6.07, 6.45) is 10.9. The van der Waals surface area contributed by atoms with E-state index >= 15 is 0 Å². The van der Waals surface area contributed by atoms with Crippen molar-refractivity contribution in [3.8, 4) is 11.3 Å². The van der Waals surface area contributed by atoms with Crippen molar-refractivity contribution < 1.29 is 8.91 Å². The molecule has 3 aromatic heterocycles. The molecule has 9 heteroatoms. The number of aromatic nitrogens is 3. The van der Waals surface area contributed by atoms with E-state index in [2.05, 4.69) is 26.1 Å². The van der Waals surface area contributed by atoms with Crippen LogP contribution < -0.4 is 4.90 Å². The van der Waals surface area contributed by atoms with E-state index in [-0.39, 0.29) is 11.2 Å². The van der Waals surface area contributed by atoms with E-state index in [1.54, 1.807) is 29.8 Å². The van der Waals surface area contributed by atoms with Crippen LogP contribution in [0.1, 0.15) is 49.3 Å². The van der Waals surface area contributed by atoms with Gasteiger partial charge in [0.25, 0.3) is 0 Å². The summed E-state index contributed by atoms with van der Waals surface area (Å²) in [6.45, 7) is 1.80. The Morgan fingerprint density at radius 1 is 1.09 bits per heavy atom. The van der Waals surface area contributed by atoms with Crippen LogP contribution in [-0.4, -0.2) is 28.2 Å². The Morgan fingerprint density at radius 2 is 1.83 bits per heavy atom. The van der Waals surface area contributed by atoms with Crippen LogP contribution in [0.15, 0.2) is 41.2 Å². The predicted molar refractivity (Wildman–Crippen MR) is 138 cm³/mol. The lowest BCUT2D eigenvalue weighted by molar-refractivity contribution is 0.277. The predicted octanol–water partition coefficient (Wildman–Crippen LogP) is 7.74. The average Bonchev–Trinajstić information content (AvgIpc) is 3.43. The quantitative estimate of drug-likeness (QED) is 0.272. The van der Waals surface area contributed by atoms with Gasteiger partial charge in [0.2, 0.25) is 0 Å². The summed E-state index contributed by atoms with van der Waals surface area (Å²) < 4.78 is 20.9. The molecule has 5 nitrogen and oxygen atoms in total. The van der Waals surface area contributed by atoms with Gasteiger partial charge in [0.05, 0.1) is 14.7 Å². The van der Waals surface area contributed by atoms with Gasteiger partial charge in [0.15, 0.2) is 5.13 Å². The fourth-order valence-corrected chi connectivity index (χ4v) is 7.00. The Morgan fingerprint density at radius 3 is 2.51 bits per heavy atom. The van der Waals surface area contributed by atoms with E-state index in [0.29, 0.717) is 27.0 Å². The highest BCUT2D eigenvalue weighted by Crippen LogP contribution is 2.56. The van der Waals surface area contributed by atoms with Gasteiger partial charge in [-0.25, -0.2) is 9.37 Å². The third-order valence-corrected chi connectivity index (χ3v) is 9.14. The van der Waals surface area contributed by atoms with Crippen molar-refractivity contribution in [2.24, 2.45) is 5.41 Å². The zero-order chi connectivity index (χ0) is 23.7. The van der Waals surface area contributed by atoms with Crippen molar-refractivity contribution in [1.82, 2.24) is 15.1 Å². The maximum Gasteiger partial charge on any atom is 0.186 e. The number of nitrogens with zero attached hydrogens (tertiary/aromatic N) is 4. The third kappa shape index (κ3) is 3.59. The lowest BCUT2D eigenvalue weighted by atomic mass is 9.63. The van der Waals surface area contributed by atoms with Crippen LogP contribution in [0.4, 0.5) is 9.52 Å². The molecule has 3 aliphatic rings. The first kappa shape index (κ1) is 21.8. The van der Waals surface area contributed by atoms with Crippen molar-refractivity contribution in [3.63, 3.8) is 0 Å². The molecule has 4 heterocycles. The largest absolute Gasteiger partial charge is 0.360 e. The van der Waals surface area contributed by atoms with Crippen molar-refractivity contribution in [2.45, 2.75) is 38.0 Å². The van der Waals surface area contributed by atoms with Gasteiger partial charge >= 0.3 is 0 Å². The van der Waals surface area contributed by atoms with E-state index in [0.717, 1.165) is 72.0 Å². The Bertz CT molecular complexity index is 1480. The average molecular weight is 527 g/mol. The minimum absolute atomic E-state index is 0.162. The summed E-state index contributed by atoms with van der Waals surface area (Å²) in [4.78, 5) is 11.0. The molecule has 1 saturated heterocycles. The molecule has 0 amide bonds. The Balaban J connectivity index is 1.16. The van der Waals surface area contributed by atoms with Crippen molar-refractivity contribution >= 4 is 55.5 Å². The van der Waals surface area contributed by atoms with Gasteiger partial charge < -0.3 is 9.42 Å². The number of rotatable bonds is 4. The summed E-state index contributed by atoms with van der Waals surface area (Å²) in [5.74, 6) is 1.12. The van der Waals surface area contributed by atoms with Crippen molar-refractivity contribution in [2.75, 3.05) is 18.0 Å². The van der Waals surface area contributed by atoms with E-state index in [9.17, 15) is 4.39 Å². The SMILES string of the molecule is Fc1cccc2sc(N3CCC4(C=C(c5c(-c6c(Cl)cncc6Cl)noc5C5CC5)C4)CC3)nc12. The van der Waals surface area contributed by atoms with Crippen LogP contribution in [-0.2, 0) is 0 Å². The van der Waals surface area contributed by atoms with Crippen LogP contribution >= 0.6 is 34.5 Å². The molecule has 2 fully saturated rings. The minimum atomic E-state index is -0.254. The number of pyridine rings is 1. The van der Waals surface area contributed by atoms with Crippen LogP contribution in [0.5, 0.6) is 0 Å². The lowest BCUT2D eigenvalue weighted by Crippen LogP contribution is -2.42. The second kappa shape index (κ2) is 8.02. The highest BCUT2D eigenvalue weighted by molar-refractivity contribution is 7.22. The van der Waals surface area contributed by atoms with Gasteiger partial charge in [-0.1, -0.05) is 51.8 Å². The van der Waals surface area contributed by atoms with Crippen molar-refractivity contribution in [1.29, 1.82) is 0 Å². The fourth-order valence-electron chi connectivity index (χ4n) is 5.43. The molecule has 0 N–H and O–H groups in total. The number of benzene rings is 1. The van der Waals surface area contributed by atoms with Gasteiger partial charge in [0.1, 0.15) is 22.8 Å². The molecule has 1 aromatic carbocycles. The van der Waals surface area contributed by atoms with E-state index in [1.807, 2.05) is 6.07 Å². The summed E-state index contributed by atoms with van der Waals surface area (Å²) in [5, 5.41) is 6.29. The first-order chi connectivity index (χ1) is 17.0. The van der Waals surface area contributed by atoms with Gasteiger partial charge in [-0.3, -0.25) is 4.98 Å². The summed E-state index contributed by atoms with van der Waals surface area (Å²) in [6, 6.07) is 5.15. The number of thiazole rings is 1. The van der Waals surface area contributed by atoms with Crippen molar-refractivity contribution in [3.05, 3.63) is 63.9 Å². The fraction of sp³-hybridized carbons (Fsp3) is 0.346. The summed E-state index contributed by atoms with van der Waals surface area (Å²) >= 11 is 14.5. The highest BCUT2D eigenvalue weighted by Gasteiger charge is 2.44. The Kier molecular flexibility index (Phi) is 4.99. The van der Waals surface area contributed by atoms with Crippen LogP contribution in [0.2, 0.25) is 10.0 Å². The number of allylic oxidation sites excluding steroid dienone is 2. The van der Waals surface area contributed by atoms with Crippen LogP contribution in [0.25, 0.3) is 27.0 Å². The number of hydrogen-bond donors (Lipinski definition) is 0. The summed E-state index contributed by atoms with van der Waals surface area (Å²) in [7, 11) is 0. The molecule has 35 heavy (non-hydrogen) atoms. The molecule has 1 spiro atoms. The molecule has 2 aliphatic carbocycles. The number of anilines is 1. The zero-order valence-electron chi connectivity index (χ0n) is 18.7. The molecule has 178 valence electrons. The number of fused-ring (bicyclic) bond motifs is 1. The molecule has 0 unspecified atom stereocenters. The standard InChI is InChI=1S/C26H21Cl2FN4OS/c27-16-12-30-13-17(28)21(16)23-20(24(34-32-23)14-4-5-14)15-10-26(11-15)6-8-33(9-7-26)25-31-22-18(29)2-1-3-19(22)35-25/h1-3,10,12-14H,4-9,11H2. The number of hydrogen-bond acceptors (Lipinski definition) is 6. The Labute approximate surface area is 215 Å². The minimum Gasteiger partial charge on any atom is -0.360 e. The van der Waals surface area contributed by atoms with E-state index in [1.165, 1.54) is 11.6 Å². The zero-order valence-corrected chi connectivity index (χ0v) is 21.1. The monoisotopic (exact) mass is 526 g/mol.